The Balaban J connectivity index is 1.52. The van der Waals surface area contributed by atoms with E-state index in [2.05, 4.69) is 10.3 Å². The van der Waals surface area contributed by atoms with Gasteiger partial charge >= 0.3 is 0 Å². The van der Waals surface area contributed by atoms with Crippen molar-refractivity contribution in [2.24, 2.45) is 0 Å². The van der Waals surface area contributed by atoms with Gasteiger partial charge in [-0.05, 0) is 31.5 Å². The Morgan fingerprint density at radius 3 is 2.59 bits per heavy atom. The van der Waals surface area contributed by atoms with Crippen molar-refractivity contribution < 1.29 is 14.3 Å². The van der Waals surface area contributed by atoms with Crippen molar-refractivity contribution in [2.75, 3.05) is 13.2 Å². The fourth-order valence-electron chi connectivity index (χ4n) is 2.94. The molecule has 6 heteroatoms. The van der Waals surface area contributed by atoms with Crippen LogP contribution in [0.1, 0.15) is 29.1 Å². The molecule has 2 aromatic carbocycles. The topological polar surface area (TPSA) is 60.5 Å². The molecule has 0 spiro atoms. The molecule has 2 heterocycles. The number of benzene rings is 2. The van der Waals surface area contributed by atoms with E-state index in [4.69, 9.17) is 9.47 Å². The van der Waals surface area contributed by atoms with Gasteiger partial charge in [-0.25, -0.2) is 4.98 Å². The number of amides is 1. The molecule has 1 aliphatic rings. The number of carbonyl (C=O) groups excluding carboxylic acids is 1. The van der Waals surface area contributed by atoms with Crippen LogP contribution in [0.2, 0.25) is 0 Å². The van der Waals surface area contributed by atoms with E-state index in [0.717, 1.165) is 21.9 Å². The molecule has 0 bridgehead atoms. The molecular formula is C21H20N2O3S. The predicted molar refractivity (Wildman–Crippen MR) is 105 cm³/mol. The zero-order valence-corrected chi connectivity index (χ0v) is 16.0. The molecular weight excluding hydrogens is 360 g/mol. The first-order chi connectivity index (χ1) is 13.0. The summed E-state index contributed by atoms with van der Waals surface area (Å²) in [7, 11) is 0. The van der Waals surface area contributed by atoms with Crippen molar-refractivity contribution in [1.82, 2.24) is 10.3 Å². The maximum absolute atomic E-state index is 12.8. The molecule has 0 unspecified atom stereocenters. The third kappa shape index (κ3) is 3.66. The fraction of sp³-hybridized carbons (Fsp3) is 0.238. The number of nitrogens with one attached hydrogen (secondary N) is 1. The second kappa shape index (κ2) is 7.04. The zero-order valence-electron chi connectivity index (χ0n) is 15.2. The number of nitrogens with zero attached hydrogens (tertiary/aromatic N) is 1. The Morgan fingerprint density at radius 1 is 1.07 bits per heavy atom. The van der Waals surface area contributed by atoms with Gasteiger partial charge in [-0.3, -0.25) is 4.79 Å². The molecule has 4 rings (SSSR count). The number of hydrogen-bond donors (Lipinski definition) is 1. The van der Waals surface area contributed by atoms with Crippen molar-refractivity contribution in [1.29, 1.82) is 0 Å². The Hall–Kier alpha value is -2.86. The first kappa shape index (κ1) is 17.5. The number of ether oxygens (including phenoxy) is 2. The predicted octanol–water partition coefficient (Wildman–Crippen LogP) is 4.25. The summed E-state index contributed by atoms with van der Waals surface area (Å²) < 4.78 is 11.2. The monoisotopic (exact) mass is 380 g/mol. The van der Waals surface area contributed by atoms with Gasteiger partial charge in [-0.2, -0.15) is 0 Å². The second-order valence-corrected chi connectivity index (χ2v) is 7.86. The quantitative estimate of drug-likeness (QED) is 0.735. The third-order valence-electron chi connectivity index (χ3n) is 4.44. The maximum atomic E-state index is 12.8. The van der Waals surface area contributed by atoms with Crippen LogP contribution in [0.25, 0.3) is 10.6 Å². The second-order valence-electron chi connectivity index (χ2n) is 6.83. The van der Waals surface area contributed by atoms with Crippen LogP contribution in [0.4, 0.5) is 0 Å². The van der Waals surface area contributed by atoms with Gasteiger partial charge in [-0.15, -0.1) is 11.3 Å². The molecule has 1 aliphatic heterocycles. The summed E-state index contributed by atoms with van der Waals surface area (Å²) in [5, 5.41) is 3.93. The smallest absolute Gasteiger partial charge is 0.263 e. The molecule has 1 amide bonds. The van der Waals surface area contributed by atoms with Crippen LogP contribution in [-0.4, -0.2) is 24.1 Å². The minimum Gasteiger partial charge on any atom is -0.486 e. The molecule has 0 radical (unpaired) electrons. The standard InChI is InChI=1S/C21H20N2O3S/c1-21(2,15-8-9-16-17(12-15)26-11-10-25-16)23-19(24)18-13-22-20(27-18)14-6-4-3-5-7-14/h3-9,12-13H,10-11H2,1-2H3,(H,23,24). The minimum absolute atomic E-state index is 0.144. The molecule has 0 saturated heterocycles. The average molecular weight is 380 g/mol. The Labute approximate surface area is 162 Å². The van der Waals surface area contributed by atoms with Gasteiger partial charge < -0.3 is 14.8 Å². The highest BCUT2D eigenvalue weighted by Gasteiger charge is 2.26. The summed E-state index contributed by atoms with van der Waals surface area (Å²) >= 11 is 1.38. The summed E-state index contributed by atoms with van der Waals surface area (Å²) in [6, 6.07) is 15.6. The molecule has 138 valence electrons. The van der Waals surface area contributed by atoms with Gasteiger partial charge in [0.2, 0.25) is 0 Å². The highest BCUT2D eigenvalue weighted by atomic mass is 32.1. The molecule has 0 atom stereocenters. The van der Waals surface area contributed by atoms with E-state index in [1.54, 1.807) is 6.20 Å². The lowest BCUT2D eigenvalue weighted by molar-refractivity contribution is 0.0915. The van der Waals surface area contributed by atoms with Gasteiger partial charge in [-0.1, -0.05) is 36.4 Å². The molecule has 3 aromatic rings. The van der Waals surface area contributed by atoms with Crippen LogP contribution in [-0.2, 0) is 5.54 Å². The number of hydrogen-bond acceptors (Lipinski definition) is 5. The summed E-state index contributed by atoms with van der Waals surface area (Å²) in [5.74, 6) is 1.31. The van der Waals surface area contributed by atoms with E-state index in [1.165, 1.54) is 11.3 Å². The SMILES string of the molecule is CC(C)(NC(=O)c1cnc(-c2ccccc2)s1)c1ccc2c(c1)OCCO2. The van der Waals surface area contributed by atoms with E-state index >= 15 is 0 Å². The van der Waals surface area contributed by atoms with E-state index in [9.17, 15) is 4.79 Å². The van der Waals surface area contributed by atoms with E-state index in [-0.39, 0.29) is 5.91 Å². The van der Waals surface area contributed by atoms with Gasteiger partial charge in [0.1, 0.15) is 23.1 Å². The minimum atomic E-state index is -0.566. The van der Waals surface area contributed by atoms with Gasteiger partial charge in [0, 0.05) is 5.56 Å². The average Bonchev–Trinajstić information content (AvgIpc) is 3.18. The van der Waals surface area contributed by atoms with E-state index in [1.807, 2.05) is 62.4 Å². The van der Waals surface area contributed by atoms with Crippen molar-refractivity contribution in [3.05, 3.63) is 65.2 Å². The van der Waals surface area contributed by atoms with Crippen LogP contribution in [0.15, 0.2) is 54.7 Å². The number of fused-ring (bicyclic) bond motifs is 1. The molecule has 27 heavy (non-hydrogen) atoms. The van der Waals surface area contributed by atoms with Crippen molar-refractivity contribution in [2.45, 2.75) is 19.4 Å². The summed E-state index contributed by atoms with van der Waals surface area (Å²) in [6.45, 7) is 5.03. The van der Waals surface area contributed by atoms with Crippen LogP contribution >= 0.6 is 11.3 Å². The van der Waals surface area contributed by atoms with E-state index < -0.39 is 5.54 Å². The normalized spacial score (nSPS) is 13.3. The zero-order chi connectivity index (χ0) is 18.9. The van der Waals surface area contributed by atoms with Crippen LogP contribution in [0.3, 0.4) is 0 Å². The molecule has 1 aromatic heterocycles. The number of thiazole rings is 1. The summed E-state index contributed by atoms with van der Waals surface area (Å²) in [4.78, 5) is 17.7. The fourth-order valence-corrected chi connectivity index (χ4v) is 3.76. The van der Waals surface area contributed by atoms with Crippen LogP contribution in [0.5, 0.6) is 11.5 Å². The lowest BCUT2D eigenvalue weighted by Crippen LogP contribution is -2.40. The maximum Gasteiger partial charge on any atom is 0.263 e. The van der Waals surface area contributed by atoms with Crippen molar-refractivity contribution in [3.8, 4) is 22.1 Å². The number of rotatable bonds is 4. The molecule has 0 saturated carbocycles. The van der Waals surface area contributed by atoms with Gasteiger partial charge in [0.25, 0.3) is 5.91 Å². The molecule has 1 N–H and O–H groups in total. The largest absolute Gasteiger partial charge is 0.486 e. The van der Waals surface area contributed by atoms with Crippen molar-refractivity contribution >= 4 is 17.2 Å². The summed E-state index contributed by atoms with van der Waals surface area (Å²) in [6.07, 6.45) is 1.63. The van der Waals surface area contributed by atoms with E-state index in [0.29, 0.717) is 23.8 Å². The highest BCUT2D eigenvalue weighted by molar-refractivity contribution is 7.16. The van der Waals surface area contributed by atoms with Gasteiger partial charge in [0.15, 0.2) is 11.5 Å². The highest BCUT2D eigenvalue weighted by Crippen LogP contribution is 2.34. The number of aromatic nitrogens is 1. The molecule has 0 aliphatic carbocycles. The van der Waals surface area contributed by atoms with Gasteiger partial charge in [0.05, 0.1) is 11.7 Å². The van der Waals surface area contributed by atoms with Crippen LogP contribution in [0, 0.1) is 0 Å². The third-order valence-corrected chi connectivity index (χ3v) is 5.49. The molecule has 0 fully saturated rings. The van der Waals surface area contributed by atoms with Crippen LogP contribution < -0.4 is 14.8 Å². The molecule has 5 nitrogen and oxygen atoms in total. The lowest BCUT2D eigenvalue weighted by atomic mass is 9.93. The lowest BCUT2D eigenvalue weighted by Gasteiger charge is -2.28. The van der Waals surface area contributed by atoms with Crippen molar-refractivity contribution in [3.63, 3.8) is 0 Å². The summed E-state index contributed by atoms with van der Waals surface area (Å²) in [5.41, 5.74) is 1.39. The Bertz CT molecular complexity index is 967. The first-order valence-electron chi connectivity index (χ1n) is 8.77. The first-order valence-corrected chi connectivity index (χ1v) is 9.58. The Kier molecular flexibility index (Phi) is 4.58. The number of carbonyl (C=O) groups is 1. The Morgan fingerprint density at radius 2 is 1.81 bits per heavy atom.